The number of hydrogen-bond acceptors (Lipinski definition) is 5. The first kappa shape index (κ1) is 18.7. The van der Waals surface area contributed by atoms with Crippen LogP contribution >= 0.6 is 0 Å². The van der Waals surface area contributed by atoms with Gasteiger partial charge < -0.3 is 14.7 Å². The van der Waals surface area contributed by atoms with E-state index in [-0.39, 0.29) is 0 Å². The highest BCUT2D eigenvalue weighted by Gasteiger charge is 2.24. The number of anilines is 1. The lowest BCUT2D eigenvalue weighted by Crippen LogP contribution is -2.48. The largest absolute Gasteiger partial charge is 0.371 e. The average Bonchev–Trinajstić information content (AvgIpc) is 2.62. The third-order valence-corrected chi connectivity index (χ3v) is 6.76. The van der Waals surface area contributed by atoms with Crippen LogP contribution < -0.4 is 4.90 Å². The summed E-state index contributed by atoms with van der Waals surface area (Å²) in [5.41, 5.74) is 1.04. The molecular weight excluding hydrogens is 334 g/mol. The summed E-state index contributed by atoms with van der Waals surface area (Å²) in [5.74, 6) is 0.766. The number of piperazine rings is 1. The molecule has 5 nitrogen and oxygen atoms in total. The van der Waals surface area contributed by atoms with E-state index >= 15 is 0 Å². The molecule has 1 aromatic carbocycles. The maximum absolute atomic E-state index is 11.8. The van der Waals surface area contributed by atoms with Gasteiger partial charge in [-0.1, -0.05) is 13.0 Å². The maximum atomic E-state index is 11.8. The summed E-state index contributed by atoms with van der Waals surface area (Å²) in [6.07, 6.45) is 3.66. The maximum Gasteiger partial charge on any atom is 0.175 e. The third kappa shape index (κ3) is 4.96. The van der Waals surface area contributed by atoms with E-state index in [9.17, 15) is 8.42 Å². The van der Waals surface area contributed by atoms with Crippen LogP contribution in [0.2, 0.25) is 0 Å². The van der Waals surface area contributed by atoms with E-state index in [4.69, 9.17) is 0 Å². The zero-order chi connectivity index (χ0) is 17.9. The summed E-state index contributed by atoms with van der Waals surface area (Å²) in [5, 5.41) is 0. The molecule has 2 aliphatic heterocycles. The highest BCUT2D eigenvalue weighted by molar-refractivity contribution is 7.90. The molecule has 3 rings (SSSR count). The number of likely N-dealkylation sites (N-methyl/N-ethyl adjacent to an activating group) is 1. The lowest BCUT2D eigenvalue weighted by molar-refractivity contribution is 0.116. The molecule has 0 atom stereocenters. The van der Waals surface area contributed by atoms with E-state index < -0.39 is 9.84 Å². The van der Waals surface area contributed by atoms with Crippen LogP contribution in [0.25, 0.3) is 0 Å². The minimum Gasteiger partial charge on any atom is -0.371 e. The first-order chi connectivity index (χ1) is 12.0. The summed E-state index contributed by atoms with van der Waals surface area (Å²) in [7, 11) is -3.14. The Balaban J connectivity index is 1.51. The van der Waals surface area contributed by atoms with E-state index in [1.807, 2.05) is 18.2 Å². The molecule has 0 amide bonds. The molecule has 6 heteroatoms. The number of nitrogens with zero attached hydrogens (tertiary/aromatic N) is 3. The molecule has 0 N–H and O–H groups in total. The second kappa shape index (κ2) is 8.06. The molecule has 2 heterocycles. The third-order valence-electron chi connectivity index (χ3n) is 5.65. The fraction of sp³-hybridized carbons (Fsp3) is 0.684. The van der Waals surface area contributed by atoms with Gasteiger partial charge in [0.2, 0.25) is 0 Å². The summed E-state index contributed by atoms with van der Waals surface area (Å²) >= 11 is 0. The minimum atomic E-state index is -3.14. The van der Waals surface area contributed by atoms with E-state index in [1.54, 1.807) is 6.07 Å². The Kier molecular flexibility index (Phi) is 6.02. The highest BCUT2D eigenvalue weighted by Crippen LogP contribution is 2.26. The van der Waals surface area contributed by atoms with Gasteiger partial charge in [-0.2, -0.15) is 0 Å². The number of hydrogen-bond donors (Lipinski definition) is 0. The first-order valence-corrected chi connectivity index (χ1v) is 11.3. The van der Waals surface area contributed by atoms with Crippen LogP contribution in [-0.2, 0) is 9.84 Å². The molecule has 25 heavy (non-hydrogen) atoms. The van der Waals surface area contributed by atoms with Crippen LogP contribution in [0, 0.1) is 5.92 Å². The first-order valence-electron chi connectivity index (χ1n) is 9.45. The Labute approximate surface area is 152 Å². The van der Waals surface area contributed by atoms with Crippen molar-refractivity contribution in [1.82, 2.24) is 9.80 Å². The van der Waals surface area contributed by atoms with Gasteiger partial charge >= 0.3 is 0 Å². The molecule has 0 bridgehead atoms. The molecule has 0 unspecified atom stereocenters. The van der Waals surface area contributed by atoms with Crippen molar-refractivity contribution in [2.24, 2.45) is 5.92 Å². The Hall–Kier alpha value is -1.11. The van der Waals surface area contributed by atoms with Crippen molar-refractivity contribution in [3.63, 3.8) is 0 Å². The molecule has 1 aromatic rings. The van der Waals surface area contributed by atoms with Gasteiger partial charge in [0.15, 0.2) is 9.84 Å². The fourth-order valence-corrected chi connectivity index (χ4v) is 4.60. The van der Waals surface area contributed by atoms with Gasteiger partial charge in [-0.3, -0.25) is 0 Å². The molecule has 140 valence electrons. The molecule has 2 saturated heterocycles. The van der Waals surface area contributed by atoms with Crippen LogP contribution in [0.5, 0.6) is 0 Å². The minimum absolute atomic E-state index is 0.418. The number of sulfone groups is 1. The quantitative estimate of drug-likeness (QED) is 0.798. The van der Waals surface area contributed by atoms with E-state index in [0.717, 1.165) is 24.7 Å². The monoisotopic (exact) mass is 365 g/mol. The van der Waals surface area contributed by atoms with Crippen molar-refractivity contribution in [3.05, 3.63) is 24.3 Å². The van der Waals surface area contributed by atoms with Crippen LogP contribution in [0.1, 0.15) is 19.8 Å². The van der Waals surface area contributed by atoms with Crippen LogP contribution in [0.3, 0.4) is 0 Å². The van der Waals surface area contributed by atoms with Crippen LogP contribution in [-0.4, -0.2) is 76.8 Å². The summed E-state index contributed by atoms with van der Waals surface area (Å²) in [4.78, 5) is 7.89. The zero-order valence-electron chi connectivity index (χ0n) is 15.5. The van der Waals surface area contributed by atoms with Crippen molar-refractivity contribution in [2.45, 2.75) is 24.7 Å². The normalized spacial score (nSPS) is 21.6. The Morgan fingerprint density at radius 3 is 2.24 bits per heavy atom. The lowest BCUT2D eigenvalue weighted by Gasteiger charge is -2.39. The summed E-state index contributed by atoms with van der Waals surface area (Å²) in [6, 6.07) is 7.38. The zero-order valence-corrected chi connectivity index (χ0v) is 16.3. The fourth-order valence-electron chi connectivity index (χ4n) is 3.94. The Morgan fingerprint density at radius 1 is 1.00 bits per heavy atom. The van der Waals surface area contributed by atoms with Crippen LogP contribution in [0.4, 0.5) is 5.69 Å². The van der Waals surface area contributed by atoms with Gasteiger partial charge in [-0.25, -0.2) is 8.42 Å². The Morgan fingerprint density at radius 2 is 1.64 bits per heavy atom. The molecule has 0 saturated carbocycles. The lowest BCUT2D eigenvalue weighted by atomic mass is 9.95. The predicted octanol–water partition coefficient (Wildman–Crippen LogP) is 1.94. The molecule has 0 aliphatic carbocycles. The van der Waals surface area contributed by atoms with Crippen molar-refractivity contribution in [2.75, 3.05) is 63.5 Å². The molecule has 0 spiro atoms. The smallest absolute Gasteiger partial charge is 0.175 e. The molecular formula is C19H31N3O2S. The van der Waals surface area contributed by atoms with Crippen LogP contribution in [0.15, 0.2) is 29.2 Å². The van der Waals surface area contributed by atoms with Gasteiger partial charge in [0.1, 0.15) is 0 Å². The summed E-state index contributed by atoms with van der Waals surface area (Å²) in [6.45, 7) is 11.5. The molecule has 2 fully saturated rings. The molecule has 0 aromatic heterocycles. The predicted molar refractivity (Wildman–Crippen MR) is 103 cm³/mol. The standard InChI is InChI=1S/C19H31N3O2S/c1-3-20-11-13-21(14-12-20)16-17-7-9-22(10-8-17)18-5-4-6-19(15-18)25(2,23)24/h4-6,15,17H,3,7-14,16H2,1-2H3. The van der Waals surface area contributed by atoms with Gasteiger partial charge in [-0.05, 0) is 43.5 Å². The van der Waals surface area contributed by atoms with Crippen molar-refractivity contribution >= 4 is 15.5 Å². The van der Waals surface area contributed by atoms with Crippen molar-refractivity contribution < 1.29 is 8.42 Å². The Bertz CT molecular complexity index is 661. The van der Waals surface area contributed by atoms with E-state index in [0.29, 0.717) is 4.90 Å². The molecule has 2 aliphatic rings. The summed E-state index contributed by atoms with van der Waals surface area (Å²) < 4.78 is 23.5. The topological polar surface area (TPSA) is 43.9 Å². The second-order valence-electron chi connectivity index (χ2n) is 7.43. The number of piperidine rings is 1. The second-order valence-corrected chi connectivity index (χ2v) is 9.45. The van der Waals surface area contributed by atoms with Gasteiger partial charge in [0.25, 0.3) is 0 Å². The average molecular weight is 366 g/mol. The SMILES string of the molecule is CCN1CCN(CC2CCN(c3cccc(S(C)(=O)=O)c3)CC2)CC1. The van der Waals surface area contributed by atoms with Gasteiger partial charge in [0.05, 0.1) is 4.90 Å². The van der Waals surface area contributed by atoms with E-state index in [1.165, 1.54) is 58.4 Å². The van der Waals surface area contributed by atoms with Gasteiger partial charge in [-0.15, -0.1) is 0 Å². The number of rotatable bonds is 5. The van der Waals surface area contributed by atoms with Gasteiger partial charge in [0, 0.05) is 57.8 Å². The molecule has 0 radical (unpaired) electrons. The van der Waals surface area contributed by atoms with E-state index in [2.05, 4.69) is 21.6 Å². The number of benzene rings is 1. The van der Waals surface area contributed by atoms with Crippen molar-refractivity contribution in [1.29, 1.82) is 0 Å². The van der Waals surface area contributed by atoms with Crippen molar-refractivity contribution in [3.8, 4) is 0 Å². The highest BCUT2D eigenvalue weighted by atomic mass is 32.2.